The minimum Gasteiger partial charge on any atom is -0.364 e. The van der Waals surface area contributed by atoms with Gasteiger partial charge in [0.25, 0.3) is 0 Å². The number of allylic oxidation sites excluding steroid dienone is 2. The van der Waals surface area contributed by atoms with Gasteiger partial charge in [0.05, 0.1) is 6.04 Å². The molecule has 0 fully saturated rings. The summed E-state index contributed by atoms with van der Waals surface area (Å²) in [6.07, 6.45) is 13.4. The van der Waals surface area contributed by atoms with Gasteiger partial charge in [-0.1, -0.05) is 67.6 Å². The maximum Gasteiger partial charge on any atom is 0.0583 e. The fourth-order valence-electron chi connectivity index (χ4n) is 3.94. The highest BCUT2D eigenvalue weighted by atomic mass is 15.2. The van der Waals surface area contributed by atoms with Crippen molar-refractivity contribution >= 4 is 23.4 Å². The molecule has 1 atom stereocenters. The molecule has 0 radical (unpaired) electrons. The number of rotatable bonds is 4. The third kappa shape index (κ3) is 2.95. The Morgan fingerprint density at radius 1 is 1.00 bits per heavy atom. The topological polar surface area (TPSA) is 3.24 Å². The molecule has 1 aliphatic carbocycles. The number of fused-ring (bicyclic) bond motifs is 3. The maximum absolute atomic E-state index is 2.53. The standard InChI is InChI=1S/C24H25N/c1-3-18-9-11-19(12-10-18)13-14-20-15-16-24-22(17-20)21-7-5-6-8-23(21)25(24)4-2/h5-7,9-17,23H,3-4,8H2,1-2H3. The van der Waals surface area contributed by atoms with Crippen LogP contribution in [0.15, 0.2) is 60.7 Å². The van der Waals surface area contributed by atoms with Gasteiger partial charge in [-0.15, -0.1) is 0 Å². The zero-order chi connectivity index (χ0) is 17.2. The monoisotopic (exact) mass is 327 g/mol. The third-order valence-corrected chi connectivity index (χ3v) is 5.34. The van der Waals surface area contributed by atoms with Crippen molar-refractivity contribution in [1.82, 2.24) is 0 Å². The van der Waals surface area contributed by atoms with Crippen LogP contribution in [0.4, 0.5) is 5.69 Å². The summed E-state index contributed by atoms with van der Waals surface area (Å²) in [5.41, 5.74) is 8.17. The molecule has 0 saturated carbocycles. The van der Waals surface area contributed by atoms with Gasteiger partial charge >= 0.3 is 0 Å². The number of nitrogens with zero attached hydrogens (tertiary/aromatic N) is 1. The summed E-state index contributed by atoms with van der Waals surface area (Å²) in [6, 6.07) is 16.2. The van der Waals surface area contributed by atoms with E-state index in [2.05, 4.69) is 91.6 Å². The number of aryl methyl sites for hydroxylation is 1. The Morgan fingerprint density at radius 3 is 2.52 bits per heavy atom. The molecule has 1 aliphatic heterocycles. The van der Waals surface area contributed by atoms with Gasteiger partial charge in [0, 0.05) is 17.8 Å². The molecule has 0 spiro atoms. The molecule has 1 nitrogen and oxygen atoms in total. The molecule has 1 heterocycles. The Balaban J connectivity index is 1.64. The van der Waals surface area contributed by atoms with E-state index in [0.29, 0.717) is 6.04 Å². The van der Waals surface area contributed by atoms with E-state index in [1.165, 1.54) is 33.5 Å². The normalized spacial score (nSPS) is 18.4. The van der Waals surface area contributed by atoms with Crippen LogP contribution < -0.4 is 4.90 Å². The van der Waals surface area contributed by atoms with E-state index in [1.807, 2.05) is 0 Å². The van der Waals surface area contributed by atoms with Crippen molar-refractivity contribution in [2.45, 2.75) is 32.7 Å². The summed E-state index contributed by atoms with van der Waals surface area (Å²) in [5, 5.41) is 0. The molecule has 0 bridgehead atoms. The second-order valence-electron chi connectivity index (χ2n) is 6.79. The van der Waals surface area contributed by atoms with E-state index in [1.54, 1.807) is 0 Å². The van der Waals surface area contributed by atoms with Crippen molar-refractivity contribution in [3.05, 3.63) is 82.9 Å². The van der Waals surface area contributed by atoms with Crippen LogP contribution in [0.5, 0.6) is 0 Å². The molecule has 0 N–H and O–H groups in total. The zero-order valence-electron chi connectivity index (χ0n) is 15.1. The Hall–Kier alpha value is -2.54. The Labute approximate surface area is 151 Å². The summed E-state index contributed by atoms with van der Waals surface area (Å²) < 4.78 is 0. The van der Waals surface area contributed by atoms with Crippen molar-refractivity contribution in [3.8, 4) is 0 Å². The second-order valence-corrected chi connectivity index (χ2v) is 6.79. The summed E-state index contributed by atoms with van der Waals surface area (Å²) in [5.74, 6) is 0. The van der Waals surface area contributed by atoms with Gasteiger partial charge in [-0.05, 0) is 54.2 Å². The first kappa shape index (κ1) is 16.0. The van der Waals surface area contributed by atoms with Crippen LogP contribution in [-0.2, 0) is 6.42 Å². The van der Waals surface area contributed by atoms with Gasteiger partial charge in [-0.3, -0.25) is 0 Å². The van der Waals surface area contributed by atoms with E-state index >= 15 is 0 Å². The molecule has 1 unspecified atom stereocenters. The number of hydrogen-bond acceptors (Lipinski definition) is 1. The molecule has 2 aromatic carbocycles. The van der Waals surface area contributed by atoms with Crippen LogP contribution in [0.2, 0.25) is 0 Å². The van der Waals surface area contributed by atoms with Crippen molar-refractivity contribution < 1.29 is 0 Å². The lowest BCUT2D eigenvalue weighted by molar-refractivity contribution is 0.743. The fraction of sp³-hybridized carbons (Fsp3) is 0.250. The molecule has 0 aromatic heterocycles. The second kappa shape index (κ2) is 6.76. The quantitative estimate of drug-likeness (QED) is 0.625. The van der Waals surface area contributed by atoms with Gasteiger partial charge in [0.15, 0.2) is 0 Å². The lowest BCUT2D eigenvalue weighted by Gasteiger charge is -2.26. The van der Waals surface area contributed by atoms with E-state index in [4.69, 9.17) is 0 Å². The SMILES string of the molecule is CCc1ccc(C=Cc2ccc3c(c2)C2=CC=CCC2N3CC)cc1. The number of likely N-dealkylation sites (N-methyl/N-ethyl adjacent to an activating group) is 1. The molecule has 25 heavy (non-hydrogen) atoms. The molecule has 2 aromatic rings. The lowest BCUT2D eigenvalue weighted by Crippen LogP contribution is -2.31. The van der Waals surface area contributed by atoms with Crippen LogP contribution in [0.3, 0.4) is 0 Å². The van der Waals surface area contributed by atoms with E-state index < -0.39 is 0 Å². The van der Waals surface area contributed by atoms with E-state index in [9.17, 15) is 0 Å². The predicted molar refractivity (Wildman–Crippen MR) is 110 cm³/mol. The van der Waals surface area contributed by atoms with Crippen molar-refractivity contribution in [2.75, 3.05) is 11.4 Å². The van der Waals surface area contributed by atoms with Gasteiger partial charge in [0.1, 0.15) is 0 Å². The summed E-state index contributed by atoms with van der Waals surface area (Å²) >= 11 is 0. The molecule has 1 heteroatoms. The Bertz CT molecular complexity index is 852. The first-order valence-electron chi connectivity index (χ1n) is 9.35. The first-order chi connectivity index (χ1) is 12.3. The van der Waals surface area contributed by atoms with Gasteiger partial charge in [-0.25, -0.2) is 0 Å². The Morgan fingerprint density at radius 2 is 1.76 bits per heavy atom. The smallest absolute Gasteiger partial charge is 0.0583 e. The average molecular weight is 327 g/mol. The van der Waals surface area contributed by atoms with Crippen LogP contribution in [-0.4, -0.2) is 12.6 Å². The van der Waals surface area contributed by atoms with Crippen LogP contribution in [0, 0.1) is 0 Å². The predicted octanol–water partition coefficient (Wildman–Crippen LogP) is 5.97. The molecular weight excluding hydrogens is 302 g/mol. The molecule has 4 rings (SSSR count). The molecule has 0 saturated heterocycles. The zero-order valence-corrected chi connectivity index (χ0v) is 15.1. The van der Waals surface area contributed by atoms with Crippen molar-refractivity contribution in [3.63, 3.8) is 0 Å². The van der Waals surface area contributed by atoms with Gasteiger partial charge in [0.2, 0.25) is 0 Å². The number of benzene rings is 2. The minimum absolute atomic E-state index is 0.519. The third-order valence-electron chi connectivity index (χ3n) is 5.34. The van der Waals surface area contributed by atoms with Crippen LogP contribution in [0.25, 0.3) is 17.7 Å². The average Bonchev–Trinajstić information content (AvgIpc) is 3.00. The minimum atomic E-state index is 0.519. The first-order valence-corrected chi connectivity index (χ1v) is 9.35. The summed E-state index contributed by atoms with van der Waals surface area (Å²) in [7, 11) is 0. The van der Waals surface area contributed by atoms with Crippen LogP contribution >= 0.6 is 0 Å². The van der Waals surface area contributed by atoms with Gasteiger partial charge in [-0.2, -0.15) is 0 Å². The highest BCUT2D eigenvalue weighted by molar-refractivity contribution is 5.90. The number of hydrogen-bond donors (Lipinski definition) is 0. The summed E-state index contributed by atoms with van der Waals surface area (Å²) in [6.45, 7) is 5.50. The van der Waals surface area contributed by atoms with E-state index in [-0.39, 0.29) is 0 Å². The van der Waals surface area contributed by atoms with Gasteiger partial charge < -0.3 is 4.90 Å². The maximum atomic E-state index is 2.53. The highest BCUT2D eigenvalue weighted by Gasteiger charge is 2.32. The fourth-order valence-corrected chi connectivity index (χ4v) is 3.94. The molecule has 126 valence electrons. The lowest BCUT2D eigenvalue weighted by atomic mass is 9.95. The largest absolute Gasteiger partial charge is 0.364 e. The number of anilines is 1. The summed E-state index contributed by atoms with van der Waals surface area (Å²) in [4.78, 5) is 2.53. The van der Waals surface area contributed by atoms with Crippen molar-refractivity contribution in [2.24, 2.45) is 0 Å². The van der Waals surface area contributed by atoms with Crippen molar-refractivity contribution in [1.29, 1.82) is 0 Å². The molecule has 2 aliphatic rings. The Kier molecular flexibility index (Phi) is 4.31. The van der Waals surface area contributed by atoms with E-state index in [0.717, 1.165) is 19.4 Å². The van der Waals surface area contributed by atoms with Crippen LogP contribution in [0.1, 0.15) is 42.5 Å². The molecule has 0 amide bonds. The molecular formula is C24H25N. The highest BCUT2D eigenvalue weighted by Crippen LogP contribution is 2.43.